The molecule has 102 valence electrons. The molecule has 0 aromatic heterocycles. The number of hydrogen-bond acceptors (Lipinski definition) is 2. The standard InChI is InChI=1S/C12H10N2.C5H5.Fe/c1-3-7-11(8-4-1)13-14-12-9-5-2-6-10-12;1-2-4-5-3-1;/h1-10H;1-3H,4H2;/q;-1;. The summed E-state index contributed by atoms with van der Waals surface area (Å²) in [4.78, 5) is 0. The van der Waals surface area contributed by atoms with Gasteiger partial charge in [0.05, 0.1) is 11.4 Å². The van der Waals surface area contributed by atoms with E-state index in [9.17, 15) is 0 Å². The summed E-state index contributed by atoms with van der Waals surface area (Å²) >= 11 is 0. The van der Waals surface area contributed by atoms with Crippen LogP contribution in [0.1, 0.15) is 6.42 Å². The monoisotopic (exact) mass is 303 g/mol. The molecular formula is C17H15FeN2-. The van der Waals surface area contributed by atoms with Crippen LogP contribution in [0.25, 0.3) is 0 Å². The normalized spacial score (nSPS) is 11.8. The third-order valence-electron chi connectivity index (χ3n) is 2.38. The fourth-order valence-corrected chi connectivity index (χ4v) is 1.44. The van der Waals surface area contributed by atoms with E-state index in [0.29, 0.717) is 0 Å². The Balaban J connectivity index is 0.000000283. The van der Waals surface area contributed by atoms with Crippen molar-refractivity contribution in [3.63, 3.8) is 0 Å². The molecule has 0 atom stereocenters. The first-order chi connectivity index (χ1) is 9.45. The first-order valence-electron chi connectivity index (χ1n) is 6.19. The van der Waals surface area contributed by atoms with E-state index in [0.717, 1.165) is 17.8 Å². The molecule has 0 amide bonds. The van der Waals surface area contributed by atoms with Crippen LogP contribution in [-0.2, 0) is 17.1 Å². The smallest absolute Gasteiger partial charge is 0.0857 e. The Hall–Kier alpha value is -1.96. The van der Waals surface area contributed by atoms with Crippen LogP contribution < -0.4 is 0 Å². The molecule has 0 fully saturated rings. The Labute approximate surface area is 130 Å². The zero-order valence-corrected chi connectivity index (χ0v) is 12.1. The van der Waals surface area contributed by atoms with E-state index in [2.05, 4.69) is 22.4 Å². The SMILES string of the molecule is [C-]1=CC=CC1.[Fe].c1ccc(N=Nc2ccccc2)cc1. The summed E-state index contributed by atoms with van der Waals surface area (Å²) in [6, 6.07) is 19.4. The van der Waals surface area contributed by atoms with E-state index in [1.54, 1.807) is 0 Å². The van der Waals surface area contributed by atoms with Gasteiger partial charge in [-0.25, -0.2) is 12.2 Å². The van der Waals surface area contributed by atoms with Crippen molar-refractivity contribution in [1.82, 2.24) is 0 Å². The second kappa shape index (κ2) is 9.90. The Morgan fingerprint density at radius 1 is 0.750 bits per heavy atom. The van der Waals surface area contributed by atoms with Crippen LogP contribution >= 0.6 is 0 Å². The van der Waals surface area contributed by atoms with Gasteiger partial charge in [-0.05, 0) is 24.3 Å². The van der Waals surface area contributed by atoms with Gasteiger partial charge in [0, 0.05) is 17.1 Å². The van der Waals surface area contributed by atoms with Crippen LogP contribution in [0.5, 0.6) is 0 Å². The van der Waals surface area contributed by atoms with Gasteiger partial charge in [0.2, 0.25) is 0 Å². The molecule has 0 saturated carbocycles. The zero-order chi connectivity index (χ0) is 13.2. The van der Waals surface area contributed by atoms with Crippen LogP contribution in [0.3, 0.4) is 0 Å². The van der Waals surface area contributed by atoms with Crippen LogP contribution in [0, 0.1) is 6.08 Å². The minimum absolute atomic E-state index is 0. The molecule has 1 aliphatic carbocycles. The number of nitrogens with zero attached hydrogens (tertiary/aromatic N) is 2. The summed E-state index contributed by atoms with van der Waals surface area (Å²) in [5.74, 6) is 0. The van der Waals surface area contributed by atoms with E-state index in [1.165, 1.54) is 0 Å². The quantitative estimate of drug-likeness (QED) is 0.403. The Morgan fingerprint density at radius 3 is 1.55 bits per heavy atom. The minimum Gasteiger partial charge on any atom is -0.273 e. The topological polar surface area (TPSA) is 24.7 Å². The van der Waals surface area contributed by atoms with Crippen molar-refractivity contribution >= 4 is 11.4 Å². The van der Waals surface area contributed by atoms with Crippen LogP contribution in [-0.4, -0.2) is 0 Å². The van der Waals surface area contributed by atoms with Gasteiger partial charge in [-0.3, -0.25) is 6.08 Å². The summed E-state index contributed by atoms with van der Waals surface area (Å²) in [6.45, 7) is 0. The number of hydrogen-bond donors (Lipinski definition) is 0. The molecule has 0 aliphatic heterocycles. The summed E-state index contributed by atoms with van der Waals surface area (Å²) in [5.41, 5.74) is 1.74. The van der Waals surface area contributed by atoms with E-state index in [-0.39, 0.29) is 17.1 Å². The largest absolute Gasteiger partial charge is 0.273 e. The van der Waals surface area contributed by atoms with Gasteiger partial charge in [-0.1, -0.05) is 36.4 Å². The van der Waals surface area contributed by atoms with Crippen LogP contribution in [0.2, 0.25) is 0 Å². The summed E-state index contributed by atoms with van der Waals surface area (Å²) in [6.07, 6.45) is 10.0. The second-order valence-corrected chi connectivity index (χ2v) is 3.87. The van der Waals surface area contributed by atoms with E-state index in [4.69, 9.17) is 0 Å². The first-order valence-corrected chi connectivity index (χ1v) is 6.19. The maximum atomic E-state index is 4.10. The number of benzene rings is 2. The van der Waals surface area contributed by atoms with Gasteiger partial charge in [0.25, 0.3) is 0 Å². The Morgan fingerprint density at radius 2 is 1.25 bits per heavy atom. The maximum Gasteiger partial charge on any atom is 0.0857 e. The van der Waals surface area contributed by atoms with Gasteiger partial charge in [-0.15, -0.1) is 6.42 Å². The van der Waals surface area contributed by atoms with Crippen molar-refractivity contribution < 1.29 is 17.1 Å². The van der Waals surface area contributed by atoms with Crippen molar-refractivity contribution in [2.45, 2.75) is 6.42 Å². The first kappa shape index (κ1) is 16.1. The maximum absolute atomic E-state index is 4.10. The molecule has 0 unspecified atom stereocenters. The molecule has 0 N–H and O–H groups in total. The van der Waals surface area contributed by atoms with Crippen molar-refractivity contribution in [1.29, 1.82) is 0 Å². The van der Waals surface area contributed by atoms with Gasteiger partial charge >= 0.3 is 0 Å². The molecule has 0 spiro atoms. The third kappa shape index (κ3) is 6.28. The van der Waals surface area contributed by atoms with Crippen LogP contribution in [0.4, 0.5) is 11.4 Å². The Bertz CT molecular complexity index is 509. The molecule has 0 saturated heterocycles. The summed E-state index contributed by atoms with van der Waals surface area (Å²) in [5, 5.41) is 8.20. The molecule has 3 heteroatoms. The predicted octanol–water partition coefficient (Wildman–Crippen LogP) is 5.41. The molecule has 1 aliphatic rings. The molecule has 3 rings (SSSR count). The molecule has 0 heterocycles. The van der Waals surface area contributed by atoms with E-state index in [1.807, 2.05) is 72.8 Å². The second-order valence-electron chi connectivity index (χ2n) is 3.87. The summed E-state index contributed by atoms with van der Waals surface area (Å²) < 4.78 is 0. The number of azo groups is 1. The fourth-order valence-electron chi connectivity index (χ4n) is 1.44. The predicted molar refractivity (Wildman–Crippen MR) is 78.6 cm³/mol. The molecule has 2 nitrogen and oxygen atoms in total. The van der Waals surface area contributed by atoms with E-state index >= 15 is 0 Å². The average molecular weight is 303 g/mol. The average Bonchev–Trinajstić information content (AvgIpc) is 3.07. The molecule has 2 aromatic rings. The van der Waals surface area contributed by atoms with Gasteiger partial charge < -0.3 is 0 Å². The minimum atomic E-state index is 0. The zero-order valence-electron chi connectivity index (χ0n) is 11.0. The van der Waals surface area contributed by atoms with Gasteiger partial charge in [0.15, 0.2) is 0 Å². The van der Waals surface area contributed by atoms with Gasteiger partial charge in [0.1, 0.15) is 0 Å². The molecule has 2 aromatic carbocycles. The molecule has 0 radical (unpaired) electrons. The fraction of sp³-hybridized carbons (Fsp3) is 0.0588. The van der Waals surface area contributed by atoms with E-state index < -0.39 is 0 Å². The Kier molecular flexibility index (Phi) is 7.97. The molecular weight excluding hydrogens is 288 g/mol. The molecule has 0 bridgehead atoms. The number of allylic oxidation sites excluding steroid dienone is 4. The third-order valence-corrected chi connectivity index (χ3v) is 2.38. The van der Waals surface area contributed by atoms with Crippen molar-refractivity contribution in [2.24, 2.45) is 10.2 Å². The van der Waals surface area contributed by atoms with Crippen molar-refractivity contribution in [3.8, 4) is 0 Å². The summed E-state index contributed by atoms with van der Waals surface area (Å²) in [7, 11) is 0. The number of rotatable bonds is 2. The van der Waals surface area contributed by atoms with Crippen LogP contribution in [0.15, 0.2) is 89.1 Å². The van der Waals surface area contributed by atoms with Gasteiger partial charge in [-0.2, -0.15) is 16.3 Å². The van der Waals surface area contributed by atoms with Crippen molar-refractivity contribution in [2.75, 3.05) is 0 Å². The van der Waals surface area contributed by atoms with Crippen molar-refractivity contribution in [3.05, 3.63) is 85.0 Å². The molecule has 20 heavy (non-hydrogen) atoms.